The van der Waals surface area contributed by atoms with Crippen LogP contribution in [0.5, 0.6) is 0 Å². The van der Waals surface area contributed by atoms with Crippen LogP contribution in [0.2, 0.25) is 0 Å². The van der Waals surface area contributed by atoms with Gasteiger partial charge in [0.15, 0.2) is 5.82 Å². The van der Waals surface area contributed by atoms with Crippen molar-refractivity contribution in [3.05, 3.63) is 40.4 Å². The van der Waals surface area contributed by atoms with Crippen molar-refractivity contribution < 1.29 is 4.79 Å². The van der Waals surface area contributed by atoms with E-state index in [0.29, 0.717) is 23.4 Å². The maximum absolute atomic E-state index is 12.4. The minimum atomic E-state index is -0.370. The number of nitrogens with one attached hydrogen (secondary N) is 2. The fourth-order valence-corrected chi connectivity index (χ4v) is 3.16. The molecular formula is C16H20N4O2. The monoisotopic (exact) mass is 300 g/mol. The second-order valence-corrected chi connectivity index (χ2v) is 5.79. The van der Waals surface area contributed by atoms with Gasteiger partial charge in [0.25, 0.3) is 11.5 Å². The van der Waals surface area contributed by atoms with Gasteiger partial charge in [0.1, 0.15) is 0 Å². The van der Waals surface area contributed by atoms with Crippen LogP contribution in [0.3, 0.4) is 0 Å². The minimum absolute atomic E-state index is 0.0418. The zero-order valence-electron chi connectivity index (χ0n) is 12.3. The molecule has 116 valence electrons. The Kier molecular flexibility index (Phi) is 4.20. The Morgan fingerprint density at radius 2 is 2.09 bits per heavy atom. The Labute approximate surface area is 128 Å². The van der Waals surface area contributed by atoms with Crippen LogP contribution in [0, 0.1) is 5.92 Å². The first kappa shape index (κ1) is 14.7. The number of hydrogen-bond donors (Lipinski definition) is 3. The highest BCUT2D eigenvalue weighted by Gasteiger charge is 2.26. The number of carbonyl (C=O) groups is 1. The van der Waals surface area contributed by atoms with E-state index < -0.39 is 0 Å². The first-order valence-corrected chi connectivity index (χ1v) is 7.69. The van der Waals surface area contributed by atoms with Crippen molar-refractivity contribution >= 4 is 16.8 Å². The molecule has 1 amide bonds. The van der Waals surface area contributed by atoms with Crippen LogP contribution < -0.4 is 16.6 Å². The molecule has 6 heteroatoms. The third kappa shape index (κ3) is 2.87. The summed E-state index contributed by atoms with van der Waals surface area (Å²) in [5.74, 6) is 0.0893. The second-order valence-electron chi connectivity index (χ2n) is 5.79. The van der Waals surface area contributed by atoms with Crippen molar-refractivity contribution in [3.8, 4) is 0 Å². The molecule has 0 spiro atoms. The maximum atomic E-state index is 12.4. The molecule has 1 heterocycles. The molecule has 0 radical (unpaired) electrons. The van der Waals surface area contributed by atoms with Gasteiger partial charge in [-0.2, -0.15) is 0 Å². The molecular weight excluding hydrogens is 280 g/mol. The molecule has 0 bridgehead atoms. The first-order valence-electron chi connectivity index (χ1n) is 7.69. The number of nitrogens with zero attached hydrogens (tertiary/aromatic N) is 1. The van der Waals surface area contributed by atoms with Gasteiger partial charge in [-0.15, -0.1) is 0 Å². The second kappa shape index (κ2) is 6.27. The van der Waals surface area contributed by atoms with E-state index in [2.05, 4.69) is 15.3 Å². The molecule has 1 unspecified atom stereocenters. The Morgan fingerprint density at radius 1 is 1.36 bits per heavy atom. The van der Waals surface area contributed by atoms with E-state index in [9.17, 15) is 9.59 Å². The van der Waals surface area contributed by atoms with E-state index in [0.717, 1.165) is 12.8 Å². The van der Waals surface area contributed by atoms with Crippen LogP contribution in [0.15, 0.2) is 29.1 Å². The number of H-pyrrole nitrogens is 1. The molecule has 3 rings (SSSR count). The number of aromatic amines is 1. The standard InChI is InChI=1S/C16H20N4O2/c17-9-13(10-5-1-2-6-10)19-16(22)14-18-12-8-4-3-7-11(12)15(21)20-14/h3-4,7-8,10,13H,1-2,5-6,9,17H2,(H,19,22)(H,18,20,21). The lowest BCUT2D eigenvalue weighted by atomic mass is 9.98. The lowest BCUT2D eigenvalue weighted by Crippen LogP contribution is -2.45. The van der Waals surface area contributed by atoms with Crippen LogP contribution in [-0.2, 0) is 0 Å². The molecule has 0 saturated heterocycles. The molecule has 1 aromatic heterocycles. The molecule has 1 aromatic carbocycles. The fourth-order valence-electron chi connectivity index (χ4n) is 3.16. The lowest BCUT2D eigenvalue weighted by molar-refractivity contribution is 0.0913. The molecule has 2 aromatic rings. The first-order chi connectivity index (χ1) is 10.7. The van der Waals surface area contributed by atoms with E-state index in [1.165, 1.54) is 12.8 Å². The summed E-state index contributed by atoms with van der Waals surface area (Å²) in [6.07, 6.45) is 4.54. The van der Waals surface area contributed by atoms with Gasteiger partial charge in [0.2, 0.25) is 0 Å². The van der Waals surface area contributed by atoms with Crippen molar-refractivity contribution in [2.75, 3.05) is 6.54 Å². The van der Waals surface area contributed by atoms with Gasteiger partial charge in [-0.25, -0.2) is 4.98 Å². The van der Waals surface area contributed by atoms with Crippen molar-refractivity contribution in [2.45, 2.75) is 31.7 Å². The number of rotatable bonds is 4. The number of nitrogens with two attached hydrogens (primary N) is 1. The number of hydrogen-bond acceptors (Lipinski definition) is 4. The van der Waals surface area contributed by atoms with Crippen molar-refractivity contribution in [3.63, 3.8) is 0 Å². The molecule has 6 nitrogen and oxygen atoms in total. The fraction of sp³-hybridized carbons (Fsp3) is 0.438. The number of aromatic nitrogens is 2. The molecule has 0 aliphatic heterocycles. The summed E-state index contributed by atoms with van der Waals surface area (Å²) in [5.41, 5.74) is 6.00. The molecule has 1 aliphatic rings. The Bertz CT molecular complexity index is 734. The zero-order valence-corrected chi connectivity index (χ0v) is 12.3. The van der Waals surface area contributed by atoms with Gasteiger partial charge >= 0.3 is 0 Å². The number of benzene rings is 1. The van der Waals surface area contributed by atoms with Gasteiger partial charge in [0.05, 0.1) is 10.9 Å². The molecule has 22 heavy (non-hydrogen) atoms. The summed E-state index contributed by atoms with van der Waals surface area (Å²) in [7, 11) is 0. The van der Waals surface area contributed by atoms with Crippen LogP contribution in [-0.4, -0.2) is 28.5 Å². The normalized spacial score (nSPS) is 16.8. The summed E-state index contributed by atoms with van der Waals surface area (Å²) in [5, 5.41) is 3.40. The average Bonchev–Trinajstić information content (AvgIpc) is 3.06. The topological polar surface area (TPSA) is 101 Å². The van der Waals surface area contributed by atoms with Crippen LogP contribution in [0.4, 0.5) is 0 Å². The Balaban J connectivity index is 1.83. The Hall–Kier alpha value is -2.21. The predicted octanol–water partition coefficient (Wildman–Crippen LogP) is 1.17. The third-order valence-electron chi connectivity index (χ3n) is 4.37. The lowest BCUT2D eigenvalue weighted by Gasteiger charge is -2.22. The van der Waals surface area contributed by atoms with Crippen LogP contribution >= 0.6 is 0 Å². The number of amides is 1. The molecule has 1 aliphatic carbocycles. The molecule has 1 fully saturated rings. The van der Waals surface area contributed by atoms with Gasteiger partial charge in [-0.05, 0) is 30.9 Å². The SMILES string of the molecule is NCC(NC(=O)c1nc2ccccc2c(=O)[nH]1)C1CCCC1. The number of fused-ring (bicyclic) bond motifs is 1. The highest BCUT2D eigenvalue weighted by atomic mass is 16.2. The van der Waals surface area contributed by atoms with E-state index >= 15 is 0 Å². The van der Waals surface area contributed by atoms with Crippen molar-refractivity contribution in [1.29, 1.82) is 0 Å². The van der Waals surface area contributed by atoms with E-state index in [-0.39, 0.29) is 23.3 Å². The number of carbonyl (C=O) groups excluding carboxylic acids is 1. The predicted molar refractivity (Wildman–Crippen MR) is 84.6 cm³/mol. The smallest absolute Gasteiger partial charge is 0.287 e. The largest absolute Gasteiger partial charge is 0.345 e. The number of para-hydroxylation sites is 1. The third-order valence-corrected chi connectivity index (χ3v) is 4.37. The van der Waals surface area contributed by atoms with E-state index in [1.807, 2.05) is 0 Å². The summed E-state index contributed by atoms with van der Waals surface area (Å²) in [6, 6.07) is 6.90. The molecule has 1 saturated carbocycles. The van der Waals surface area contributed by atoms with Crippen molar-refractivity contribution in [1.82, 2.24) is 15.3 Å². The van der Waals surface area contributed by atoms with Gasteiger partial charge < -0.3 is 16.0 Å². The minimum Gasteiger partial charge on any atom is -0.345 e. The molecule has 1 atom stereocenters. The van der Waals surface area contributed by atoms with Gasteiger partial charge in [-0.1, -0.05) is 25.0 Å². The van der Waals surface area contributed by atoms with Crippen molar-refractivity contribution in [2.24, 2.45) is 11.7 Å². The van der Waals surface area contributed by atoms with Gasteiger partial charge in [-0.3, -0.25) is 9.59 Å². The Morgan fingerprint density at radius 3 is 2.82 bits per heavy atom. The van der Waals surface area contributed by atoms with E-state index in [1.54, 1.807) is 24.3 Å². The van der Waals surface area contributed by atoms with Crippen LogP contribution in [0.25, 0.3) is 10.9 Å². The zero-order chi connectivity index (χ0) is 15.5. The summed E-state index contributed by atoms with van der Waals surface area (Å²) < 4.78 is 0. The highest BCUT2D eigenvalue weighted by Crippen LogP contribution is 2.27. The highest BCUT2D eigenvalue weighted by molar-refractivity contribution is 5.92. The van der Waals surface area contributed by atoms with E-state index in [4.69, 9.17) is 5.73 Å². The molecule has 4 N–H and O–H groups in total. The van der Waals surface area contributed by atoms with Crippen LogP contribution in [0.1, 0.15) is 36.3 Å². The maximum Gasteiger partial charge on any atom is 0.287 e. The summed E-state index contributed by atoms with van der Waals surface area (Å²) in [4.78, 5) is 31.2. The van der Waals surface area contributed by atoms with Gasteiger partial charge in [0, 0.05) is 12.6 Å². The average molecular weight is 300 g/mol. The summed E-state index contributed by atoms with van der Waals surface area (Å²) in [6.45, 7) is 0.397. The quantitative estimate of drug-likeness (QED) is 0.789. The summed E-state index contributed by atoms with van der Waals surface area (Å²) >= 11 is 0.